The third kappa shape index (κ3) is 1.95. The van der Waals surface area contributed by atoms with Gasteiger partial charge in [-0.25, -0.2) is 0 Å². The highest BCUT2D eigenvalue weighted by molar-refractivity contribution is 5.01. The van der Waals surface area contributed by atoms with Gasteiger partial charge < -0.3 is 4.74 Å². The van der Waals surface area contributed by atoms with Crippen molar-refractivity contribution in [1.29, 1.82) is 0 Å². The monoisotopic (exact) mass is 200 g/mol. The minimum Gasteiger partial charge on any atom is -0.377 e. The molecule has 3 heteroatoms. The molecule has 0 aromatic heterocycles. The number of hydrogen-bond acceptors (Lipinski definition) is 3. The molecule has 0 aliphatic heterocycles. The summed E-state index contributed by atoms with van der Waals surface area (Å²) in [5.41, 5.74) is 2.99. The summed E-state index contributed by atoms with van der Waals surface area (Å²) < 4.78 is 5.67. The van der Waals surface area contributed by atoms with E-state index in [0.717, 1.165) is 25.7 Å². The molecule has 0 aromatic rings. The average molecular weight is 200 g/mol. The molecular formula is C11H24N2O. The van der Waals surface area contributed by atoms with Crippen LogP contribution in [0.1, 0.15) is 46.0 Å². The highest BCUT2D eigenvalue weighted by Gasteiger charge is 2.46. The lowest BCUT2D eigenvalue weighted by molar-refractivity contribution is -0.112. The molecule has 14 heavy (non-hydrogen) atoms. The third-order valence-corrected chi connectivity index (χ3v) is 3.87. The van der Waals surface area contributed by atoms with Gasteiger partial charge in [0.25, 0.3) is 0 Å². The molecule has 0 aromatic carbocycles. The second-order valence-electron chi connectivity index (χ2n) is 4.34. The first-order valence-corrected chi connectivity index (χ1v) is 5.75. The summed E-state index contributed by atoms with van der Waals surface area (Å²) in [5.74, 6) is 6.29. The number of ether oxygens (including phenoxy) is 1. The topological polar surface area (TPSA) is 47.3 Å². The van der Waals surface area contributed by atoms with E-state index in [1.165, 1.54) is 6.42 Å². The summed E-state index contributed by atoms with van der Waals surface area (Å²) in [6.45, 7) is 4.45. The van der Waals surface area contributed by atoms with Crippen molar-refractivity contribution in [3.05, 3.63) is 0 Å². The fraction of sp³-hybridized carbons (Fsp3) is 1.00. The van der Waals surface area contributed by atoms with Crippen LogP contribution in [0.3, 0.4) is 0 Å². The van der Waals surface area contributed by atoms with Gasteiger partial charge in [-0.2, -0.15) is 0 Å². The molecule has 3 N–H and O–H groups in total. The molecule has 3 nitrogen and oxygen atoms in total. The average Bonchev–Trinajstić information content (AvgIpc) is 2.16. The first-order chi connectivity index (χ1) is 6.74. The van der Waals surface area contributed by atoms with Crippen molar-refractivity contribution < 1.29 is 4.74 Å². The largest absolute Gasteiger partial charge is 0.377 e. The Bertz CT molecular complexity index is 159. The number of hydrogen-bond donors (Lipinski definition) is 2. The first-order valence-electron chi connectivity index (χ1n) is 5.75. The minimum absolute atomic E-state index is 0.0193. The number of nitrogens with two attached hydrogens (primary N) is 1. The van der Waals surface area contributed by atoms with E-state index in [2.05, 4.69) is 19.3 Å². The molecule has 0 spiro atoms. The smallest absolute Gasteiger partial charge is 0.0847 e. The van der Waals surface area contributed by atoms with Gasteiger partial charge in [0.15, 0.2) is 0 Å². The first kappa shape index (κ1) is 12.0. The lowest BCUT2D eigenvalue weighted by Crippen LogP contribution is -2.61. The van der Waals surface area contributed by atoms with Crippen LogP contribution in [-0.2, 0) is 4.74 Å². The van der Waals surface area contributed by atoms with Gasteiger partial charge in [-0.15, -0.1) is 0 Å². The molecule has 0 saturated heterocycles. The summed E-state index contributed by atoms with van der Waals surface area (Å²) in [6, 6.07) is 0.316. The second kappa shape index (κ2) is 5.10. The third-order valence-electron chi connectivity index (χ3n) is 3.87. The zero-order chi connectivity index (χ0) is 10.6. The molecular weight excluding hydrogens is 176 g/mol. The van der Waals surface area contributed by atoms with Crippen LogP contribution in [0.5, 0.6) is 0 Å². The van der Waals surface area contributed by atoms with Crippen LogP contribution >= 0.6 is 0 Å². The van der Waals surface area contributed by atoms with Gasteiger partial charge in [-0.05, 0) is 25.2 Å². The van der Waals surface area contributed by atoms with Gasteiger partial charge in [0, 0.05) is 7.11 Å². The highest BCUT2D eigenvalue weighted by Crippen LogP contribution is 2.41. The van der Waals surface area contributed by atoms with E-state index in [-0.39, 0.29) is 5.60 Å². The second-order valence-corrected chi connectivity index (χ2v) is 4.34. The Balaban J connectivity index is 2.67. The van der Waals surface area contributed by atoms with Crippen LogP contribution in [0, 0.1) is 5.92 Å². The van der Waals surface area contributed by atoms with Gasteiger partial charge in [0.2, 0.25) is 0 Å². The van der Waals surface area contributed by atoms with Crippen LogP contribution in [0.4, 0.5) is 0 Å². The Labute approximate surface area is 87.4 Å². The molecule has 84 valence electrons. The summed E-state index contributed by atoms with van der Waals surface area (Å²) in [4.78, 5) is 0. The number of hydrazine groups is 1. The molecule has 1 fully saturated rings. The normalized spacial score (nSPS) is 22.1. The van der Waals surface area contributed by atoms with E-state index in [4.69, 9.17) is 10.6 Å². The standard InChI is InChI=1S/C11H24N2O/c1-4-9(5-2)10(13-12)11(14-3)7-6-8-11/h9-10,13H,4-8,12H2,1-3H3. The van der Waals surface area contributed by atoms with Crippen molar-refractivity contribution in [3.8, 4) is 0 Å². The van der Waals surface area contributed by atoms with Crippen LogP contribution in [0.25, 0.3) is 0 Å². The van der Waals surface area contributed by atoms with E-state index < -0.39 is 0 Å². The van der Waals surface area contributed by atoms with E-state index in [0.29, 0.717) is 12.0 Å². The quantitative estimate of drug-likeness (QED) is 0.508. The molecule has 1 atom stereocenters. The molecule has 1 aliphatic rings. The number of methoxy groups -OCH3 is 1. The molecule has 1 aliphatic carbocycles. The van der Waals surface area contributed by atoms with Gasteiger partial charge in [0.05, 0.1) is 11.6 Å². The zero-order valence-electron chi connectivity index (χ0n) is 9.68. The van der Waals surface area contributed by atoms with Crippen molar-refractivity contribution in [3.63, 3.8) is 0 Å². The van der Waals surface area contributed by atoms with Crippen LogP contribution in [0.2, 0.25) is 0 Å². The summed E-state index contributed by atoms with van der Waals surface area (Å²) in [6.07, 6.45) is 5.89. The SMILES string of the molecule is CCC(CC)C(NN)C1(OC)CCC1. The highest BCUT2D eigenvalue weighted by atomic mass is 16.5. The van der Waals surface area contributed by atoms with Crippen molar-refractivity contribution in [1.82, 2.24) is 5.43 Å². The molecule has 1 rings (SSSR count). The van der Waals surface area contributed by atoms with Crippen LogP contribution in [-0.4, -0.2) is 18.8 Å². The Morgan fingerprint density at radius 2 is 1.93 bits per heavy atom. The van der Waals surface area contributed by atoms with Gasteiger partial charge >= 0.3 is 0 Å². The lowest BCUT2D eigenvalue weighted by Gasteiger charge is -2.48. The van der Waals surface area contributed by atoms with Crippen molar-refractivity contribution in [2.45, 2.75) is 57.6 Å². The number of nitrogens with one attached hydrogen (secondary N) is 1. The molecule has 0 amide bonds. The number of rotatable bonds is 6. The summed E-state index contributed by atoms with van der Waals surface area (Å²) in [7, 11) is 1.81. The van der Waals surface area contributed by atoms with Crippen molar-refractivity contribution in [2.75, 3.05) is 7.11 Å². The van der Waals surface area contributed by atoms with Crippen LogP contribution < -0.4 is 11.3 Å². The Morgan fingerprint density at radius 3 is 2.14 bits per heavy atom. The Kier molecular flexibility index (Phi) is 4.35. The Morgan fingerprint density at radius 1 is 1.36 bits per heavy atom. The molecule has 0 heterocycles. The van der Waals surface area contributed by atoms with E-state index in [1.54, 1.807) is 0 Å². The van der Waals surface area contributed by atoms with Crippen LogP contribution in [0.15, 0.2) is 0 Å². The lowest BCUT2D eigenvalue weighted by atomic mass is 9.69. The maximum Gasteiger partial charge on any atom is 0.0847 e. The minimum atomic E-state index is 0.0193. The summed E-state index contributed by atoms with van der Waals surface area (Å²) >= 11 is 0. The zero-order valence-corrected chi connectivity index (χ0v) is 9.68. The fourth-order valence-corrected chi connectivity index (χ4v) is 2.64. The van der Waals surface area contributed by atoms with Gasteiger partial charge in [-0.3, -0.25) is 11.3 Å². The maximum atomic E-state index is 5.67. The molecule has 0 bridgehead atoms. The summed E-state index contributed by atoms with van der Waals surface area (Å²) in [5, 5.41) is 0. The molecule has 1 unspecified atom stereocenters. The fourth-order valence-electron chi connectivity index (χ4n) is 2.64. The Hall–Kier alpha value is -0.120. The predicted octanol–water partition coefficient (Wildman–Crippen LogP) is 1.82. The molecule has 0 radical (unpaired) electrons. The van der Waals surface area contributed by atoms with Crippen molar-refractivity contribution >= 4 is 0 Å². The van der Waals surface area contributed by atoms with Gasteiger partial charge in [0.1, 0.15) is 0 Å². The maximum absolute atomic E-state index is 5.67. The van der Waals surface area contributed by atoms with Crippen molar-refractivity contribution in [2.24, 2.45) is 11.8 Å². The van der Waals surface area contributed by atoms with E-state index in [1.807, 2.05) is 7.11 Å². The molecule has 1 saturated carbocycles. The van der Waals surface area contributed by atoms with E-state index >= 15 is 0 Å². The van der Waals surface area contributed by atoms with Gasteiger partial charge in [-0.1, -0.05) is 26.7 Å². The van der Waals surface area contributed by atoms with E-state index in [9.17, 15) is 0 Å². The predicted molar refractivity (Wildman–Crippen MR) is 58.8 cm³/mol.